The first-order valence-electron chi connectivity index (χ1n) is 9.11. The predicted molar refractivity (Wildman–Crippen MR) is 111 cm³/mol. The van der Waals surface area contributed by atoms with E-state index >= 15 is 0 Å². The average molecular weight is 426 g/mol. The summed E-state index contributed by atoms with van der Waals surface area (Å²) in [5.74, 6) is 1.69. The molecular weight excluding hydrogens is 405 g/mol. The lowest BCUT2D eigenvalue weighted by molar-refractivity contribution is 0.0747. The molecule has 4 rings (SSSR count). The molecule has 1 amide bonds. The van der Waals surface area contributed by atoms with Crippen molar-refractivity contribution in [3.05, 3.63) is 32.1 Å². The van der Waals surface area contributed by atoms with E-state index in [4.69, 9.17) is 28.2 Å². The highest BCUT2D eigenvalue weighted by atomic mass is 35.5. The van der Waals surface area contributed by atoms with E-state index in [1.54, 1.807) is 6.07 Å². The van der Waals surface area contributed by atoms with Crippen LogP contribution in [0.15, 0.2) is 12.1 Å². The number of halogens is 2. The topological polar surface area (TPSA) is 52.6 Å². The summed E-state index contributed by atoms with van der Waals surface area (Å²) in [5, 5.41) is 0. The van der Waals surface area contributed by atoms with Gasteiger partial charge in [-0.05, 0) is 25.8 Å². The van der Waals surface area contributed by atoms with Gasteiger partial charge in [0.15, 0.2) is 0 Å². The number of carbonyl (C=O) groups excluding carboxylic acids is 1. The quantitative estimate of drug-likeness (QED) is 0.749. The molecular formula is C18H21Cl2N5OS. The molecule has 2 aromatic heterocycles. The predicted octanol–water partition coefficient (Wildman–Crippen LogP) is 3.72. The molecule has 4 heterocycles. The lowest BCUT2D eigenvalue weighted by atomic mass is 10.2. The van der Waals surface area contributed by atoms with Gasteiger partial charge in [0.05, 0.1) is 9.90 Å². The van der Waals surface area contributed by atoms with Gasteiger partial charge in [0.25, 0.3) is 5.91 Å². The number of piperazine rings is 1. The van der Waals surface area contributed by atoms with Gasteiger partial charge < -0.3 is 14.7 Å². The molecule has 0 atom stereocenters. The summed E-state index contributed by atoms with van der Waals surface area (Å²) in [7, 11) is 0. The Morgan fingerprint density at radius 2 is 1.70 bits per heavy atom. The van der Waals surface area contributed by atoms with E-state index in [1.165, 1.54) is 24.2 Å². The standard InChI is InChI=1S/C18H21Cl2N5OS/c1-12-10-15(23-4-2-3-5-23)22-18(21-12)25-8-6-24(7-9-25)17(26)13-11-14(19)27-16(13)20/h10-11H,2-9H2,1H3. The number of nitrogens with zero attached hydrogens (tertiary/aromatic N) is 5. The first kappa shape index (κ1) is 18.8. The van der Waals surface area contributed by atoms with Crippen LogP contribution in [0, 0.1) is 6.92 Å². The van der Waals surface area contributed by atoms with Crippen LogP contribution in [0.3, 0.4) is 0 Å². The van der Waals surface area contributed by atoms with Gasteiger partial charge in [0.1, 0.15) is 10.2 Å². The molecule has 6 nitrogen and oxygen atoms in total. The lowest BCUT2D eigenvalue weighted by Gasteiger charge is -2.35. The van der Waals surface area contributed by atoms with Crippen LogP contribution in [0.4, 0.5) is 11.8 Å². The third-order valence-electron chi connectivity index (χ3n) is 5.00. The third-order valence-corrected chi connectivity index (χ3v) is 6.48. The number of amides is 1. The average Bonchev–Trinajstić information content (AvgIpc) is 3.30. The molecule has 2 aliphatic rings. The molecule has 144 valence electrons. The Bertz CT molecular complexity index is 844. The molecule has 2 fully saturated rings. The summed E-state index contributed by atoms with van der Waals surface area (Å²) in [4.78, 5) is 28.4. The highest BCUT2D eigenvalue weighted by Gasteiger charge is 2.26. The molecule has 0 aromatic carbocycles. The van der Waals surface area contributed by atoms with Crippen molar-refractivity contribution >= 4 is 52.2 Å². The van der Waals surface area contributed by atoms with Crippen molar-refractivity contribution in [3.8, 4) is 0 Å². The van der Waals surface area contributed by atoms with Crippen molar-refractivity contribution in [2.45, 2.75) is 19.8 Å². The smallest absolute Gasteiger partial charge is 0.256 e. The molecule has 0 N–H and O–H groups in total. The highest BCUT2D eigenvalue weighted by Crippen LogP contribution is 2.32. The Balaban J connectivity index is 1.44. The van der Waals surface area contributed by atoms with Gasteiger partial charge in [0.2, 0.25) is 5.95 Å². The number of hydrogen-bond acceptors (Lipinski definition) is 6. The van der Waals surface area contributed by atoms with Crippen molar-refractivity contribution in [1.82, 2.24) is 14.9 Å². The Hall–Kier alpha value is -1.57. The van der Waals surface area contributed by atoms with Gasteiger partial charge >= 0.3 is 0 Å². The van der Waals surface area contributed by atoms with Gasteiger partial charge in [-0.2, -0.15) is 4.98 Å². The van der Waals surface area contributed by atoms with E-state index in [-0.39, 0.29) is 5.91 Å². The molecule has 0 unspecified atom stereocenters. The summed E-state index contributed by atoms with van der Waals surface area (Å²) in [5.41, 5.74) is 1.46. The normalized spacial score (nSPS) is 17.7. The van der Waals surface area contributed by atoms with Crippen LogP contribution in [0.5, 0.6) is 0 Å². The molecule has 0 aliphatic carbocycles. The third kappa shape index (κ3) is 4.00. The maximum absolute atomic E-state index is 12.7. The molecule has 0 bridgehead atoms. The van der Waals surface area contributed by atoms with Gasteiger partial charge in [-0.15, -0.1) is 11.3 Å². The van der Waals surface area contributed by atoms with Gasteiger partial charge in [-0.25, -0.2) is 4.98 Å². The Kier molecular flexibility index (Phi) is 5.43. The maximum Gasteiger partial charge on any atom is 0.256 e. The van der Waals surface area contributed by atoms with Crippen LogP contribution in [0.1, 0.15) is 28.9 Å². The number of anilines is 2. The Morgan fingerprint density at radius 1 is 1.00 bits per heavy atom. The maximum atomic E-state index is 12.7. The van der Waals surface area contributed by atoms with Crippen molar-refractivity contribution < 1.29 is 4.79 Å². The van der Waals surface area contributed by atoms with Gasteiger partial charge in [-0.1, -0.05) is 23.2 Å². The number of carbonyl (C=O) groups is 1. The van der Waals surface area contributed by atoms with Crippen molar-refractivity contribution in [3.63, 3.8) is 0 Å². The fraction of sp³-hybridized carbons (Fsp3) is 0.500. The monoisotopic (exact) mass is 425 g/mol. The highest BCUT2D eigenvalue weighted by molar-refractivity contribution is 7.20. The molecule has 0 radical (unpaired) electrons. The largest absolute Gasteiger partial charge is 0.356 e. The van der Waals surface area contributed by atoms with Gasteiger partial charge in [0, 0.05) is 51.0 Å². The van der Waals surface area contributed by atoms with E-state index in [9.17, 15) is 4.79 Å². The minimum Gasteiger partial charge on any atom is -0.356 e. The Morgan fingerprint density at radius 3 is 2.33 bits per heavy atom. The first-order chi connectivity index (χ1) is 13.0. The van der Waals surface area contributed by atoms with Crippen LogP contribution >= 0.6 is 34.5 Å². The summed E-state index contributed by atoms with van der Waals surface area (Å²) in [6.07, 6.45) is 2.43. The summed E-state index contributed by atoms with van der Waals surface area (Å²) < 4.78 is 0.981. The molecule has 9 heteroatoms. The molecule has 2 saturated heterocycles. The summed E-state index contributed by atoms with van der Waals surface area (Å²) in [6, 6.07) is 3.70. The Labute approximate surface area is 172 Å². The number of aryl methyl sites for hydroxylation is 1. The zero-order valence-electron chi connectivity index (χ0n) is 15.1. The van der Waals surface area contributed by atoms with Crippen LogP contribution in [0.2, 0.25) is 8.67 Å². The van der Waals surface area contributed by atoms with Crippen molar-refractivity contribution in [1.29, 1.82) is 0 Å². The second kappa shape index (κ2) is 7.81. The second-order valence-electron chi connectivity index (χ2n) is 6.88. The van der Waals surface area contributed by atoms with E-state index in [1.807, 2.05) is 11.8 Å². The van der Waals surface area contributed by atoms with Crippen molar-refractivity contribution in [2.24, 2.45) is 0 Å². The minimum absolute atomic E-state index is 0.0642. The SMILES string of the molecule is Cc1cc(N2CCCC2)nc(N2CCN(C(=O)c3cc(Cl)sc3Cl)CC2)n1. The number of hydrogen-bond donors (Lipinski definition) is 0. The van der Waals surface area contributed by atoms with E-state index in [0.717, 1.165) is 30.5 Å². The number of thiophene rings is 1. The van der Waals surface area contributed by atoms with Crippen LogP contribution in [-0.2, 0) is 0 Å². The number of rotatable bonds is 3. The van der Waals surface area contributed by atoms with Gasteiger partial charge in [-0.3, -0.25) is 4.79 Å². The van der Waals surface area contributed by atoms with Crippen molar-refractivity contribution in [2.75, 3.05) is 49.1 Å². The lowest BCUT2D eigenvalue weighted by Crippen LogP contribution is -2.49. The van der Waals surface area contributed by atoms with Crippen LogP contribution < -0.4 is 9.80 Å². The van der Waals surface area contributed by atoms with E-state index in [2.05, 4.69) is 20.9 Å². The summed E-state index contributed by atoms with van der Waals surface area (Å²) >= 11 is 13.3. The second-order valence-corrected chi connectivity index (χ2v) is 9.16. The fourth-order valence-electron chi connectivity index (χ4n) is 3.55. The zero-order chi connectivity index (χ0) is 19.0. The van der Waals surface area contributed by atoms with E-state index < -0.39 is 0 Å². The zero-order valence-corrected chi connectivity index (χ0v) is 17.4. The number of aromatic nitrogens is 2. The molecule has 27 heavy (non-hydrogen) atoms. The fourth-order valence-corrected chi connectivity index (χ4v) is 5.00. The minimum atomic E-state index is -0.0642. The molecule has 0 saturated carbocycles. The molecule has 0 spiro atoms. The summed E-state index contributed by atoms with van der Waals surface area (Å²) in [6.45, 7) is 6.74. The molecule has 2 aromatic rings. The van der Waals surface area contributed by atoms with Crippen LogP contribution in [-0.4, -0.2) is 60.0 Å². The molecule has 2 aliphatic heterocycles. The van der Waals surface area contributed by atoms with Crippen LogP contribution in [0.25, 0.3) is 0 Å². The first-order valence-corrected chi connectivity index (χ1v) is 10.7. The van der Waals surface area contributed by atoms with E-state index in [0.29, 0.717) is 40.4 Å².